The lowest BCUT2D eigenvalue weighted by atomic mass is 10.0. The Morgan fingerprint density at radius 3 is 2.67 bits per heavy atom. The summed E-state index contributed by atoms with van der Waals surface area (Å²) in [5.41, 5.74) is 1.66. The van der Waals surface area contributed by atoms with Crippen LogP contribution in [0.15, 0.2) is 24.3 Å². The third-order valence-electron chi connectivity index (χ3n) is 4.65. The summed E-state index contributed by atoms with van der Waals surface area (Å²) >= 11 is 7.70. The molecule has 1 fully saturated rings. The minimum Gasteiger partial charge on any atom is -0.338 e. The first kappa shape index (κ1) is 17.4. The number of carbonyl (C=O) groups excluding carboxylic acids is 1. The number of carbonyl (C=O) groups is 1. The zero-order chi connectivity index (χ0) is 17.3. The SMILES string of the molecule is Cc1nc(-c2ccccc2Cl)sc1C(=O)N(C)C1CCN(C)CC1. The molecular weight excluding hydrogens is 342 g/mol. The van der Waals surface area contributed by atoms with Gasteiger partial charge in [-0.05, 0) is 46.0 Å². The maximum absolute atomic E-state index is 12.9. The Bertz CT molecular complexity index is 738. The predicted molar refractivity (Wildman–Crippen MR) is 99.9 cm³/mol. The number of benzene rings is 1. The van der Waals surface area contributed by atoms with Crippen LogP contribution in [0.1, 0.15) is 28.2 Å². The maximum Gasteiger partial charge on any atom is 0.265 e. The standard InChI is InChI=1S/C18H22ClN3OS/c1-12-16(18(23)22(3)13-8-10-21(2)11-9-13)24-17(20-12)14-6-4-5-7-15(14)19/h4-7,13H,8-11H2,1-3H3. The van der Waals surface area contributed by atoms with Gasteiger partial charge >= 0.3 is 0 Å². The second-order valence-corrected chi connectivity index (χ2v) is 7.77. The fraction of sp³-hybridized carbons (Fsp3) is 0.444. The second kappa shape index (κ2) is 7.21. The Hall–Kier alpha value is -1.43. The van der Waals surface area contributed by atoms with Crippen LogP contribution in [0.4, 0.5) is 0 Å². The first-order valence-electron chi connectivity index (χ1n) is 8.15. The van der Waals surface area contributed by atoms with Crippen molar-refractivity contribution in [3.8, 4) is 10.6 Å². The van der Waals surface area contributed by atoms with Gasteiger partial charge in [-0.2, -0.15) is 0 Å². The number of aryl methyl sites for hydroxylation is 1. The molecule has 0 unspecified atom stereocenters. The number of aromatic nitrogens is 1. The molecular formula is C18H22ClN3OS. The van der Waals surface area contributed by atoms with E-state index in [4.69, 9.17) is 11.6 Å². The molecule has 1 aromatic carbocycles. The highest BCUT2D eigenvalue weighted by Crippen LogP contribution is 2.33. The van der Waals surface area contributed by atoms with Gasteiger partial charge < -0.3 is 9.80 Å². The Kier molecular flexibility index (Phi) is 5.23. The number of rotatable bonds is 3. The highest BCUT2D eigenvalue weighted by Gasteiger charge is 2.27. The van der Waals surface area contributed by atoms with E-state index in [9.17, 15) is 4.79 Å². The largest absolute Gasteiger partial charge is 0.338 e. The van der Waals surface area contributed by atoms with Gasteiger partial charge in [0.25, 0.3) is 5.91 Å². The van der Waals surface area contributed by atoms with Crippen molar-refractivity contribution in [2.45, 2.75) is 25.8 Å². The smallest absolute Gasteiger partial charge is 0.265 e. The van der Waals surface area contributed by atoms with Crippen LogP contribution < -0.4 is 0 Å². The summed E-state index contributed by atoms with van der Waals surface area (Å²) in [6.45, 7) is 3.97. The molecule has 0 saturated carbocycles. The second-order valence-electron chi connectivity index (χ2n) is 6.36. The van der Waals surface area contributed by atoms with E-state index in [2.05, 4.69) is 16.9 Å². The average molecular weight is 364 g/mol. The molecule has 1 aliphatic heterocycles. The van der Waals surface area contributed by atoms with E-state index < -0.39 is 0 Å². The van der Waals surface area contributed by atoms with Gasteiger partial charge in [0.2, 0.25) is 0 Å². The number of piperidine rings is 1. The summed E-state index contributed by atoms with van der Waals surface area (Å²) in [6.07, 6.45) is 2.04. The van der Waals surface area contributed by atoms with Crippen LogP contribution in [-0.2, 0) is 0 Å². The molecule has 2 aromatic rings. The Labute approximate surface area is 152 Å². The van der Waals surface area contributed by atoms with Gasteiger partial charge in [0.1, 0.15) is 9.88 Å². The highest BCUT2D eigenvalue weighted by atomic mass is 35.5. The van der Waals surface area contributed by atoms with Crippen molar-refractivity contribution < 1.29 is 4.79 Å². The molecule has 24 heavy (non-hydrogen) atoms. The molecule has 3 rings (SSSR count). The van der Waals surface area contributed by atoms with Crippen LogP contribution in [0.5, 0.6) is 0 Å². The highest BCUT2D eigenvalue weighted by molar-refractivity contribution is 7.17. The summed E-state index contributed by atoms with van der Waals surface area (Å²) in [5.74, 6) is 0.0675. The van der Waals surface area contributed by atoms with E-state index in [1.165, 1.54) is 11.3 Å². The zero-order valence-electron chi connectivity index (χ0n) is 14.3. The van der Waals surface area contributed by atoms with Gasteiger partial charge in [0.15, 0.2) is 0 Å². The van der Waals surface area contributed by atoms with Crippen LogP contribution in [0, 0.1) is 6.92 Å². The predicted octanol–water partition coefficient (Wildman–Crippen LogP) is 3.94. The van der Waals surface area contributed by atoms with Crippen molar-refractivity contribution in [3.05, 3.63) is 39.9 Å². The molecule has 0 radical (unpaired) electrons. The van der Waals surface area contributed by atoms with Crippen LogP contribution in [-0.4, -0.2) is 53.9 Å². The molecule has 1 aromatic heterocycles. The van der Waals surface area contributed by atoms with Gasteiger partial charge in [-0.25, -0.2) is 4.98 Å². The van der Waals surface area contributed by atoms with Crippen LogP contribution in [0.2, 0.25) is 5.02 Å². The number of halogens is 1. The summed E-state index contributed by atoms with van der Waals surface area (Å²) in [4.78, 5) is 22.4. The fourth-order valence-electron chi connectivity index (χ4n) is 3.05. The van der Waals surface area contributed by atoms with Crippen molar-refractivity contribution in [2.24, 2.45) is 0 Å². The number of likely N-dealkylation sites (tertiary alicyclic amines) is 1. The molecule has 4 nitrogen and oxygen atoms in total. The molecule has 1 aliphatic rings. The molecule has 0 spiro atoms. The van der Waals surface area contributed by atoms with E-state index in [1.54, 1.807) is 0 Å². The molecule has 0 N–H and O–H groups in total. The van der Waals surface area contributed by atoms with Crippen LogP contribution >= 0.6 is 22.9 Å². The minimum atomic E-state index is 0.0675. The summed E-state index contributed by atoms with van der Waals surface area (Å²) in [5, 5.41) is 1.46. The van der Waals surface area contributed by atoms with Gasteiger partial charge in [0, 0.05) is 18.7 Å². The van der Waals surface area contributed by atoms with E-state index in [1.807, 2.05) is 43.1 Å². The van der Waals surface area contributed by atoms with Gasteiger partial charge in [0.05, 0.1) is 10.7 Å². The summed E-state index contributed by atoms with van der Waals surface area (Å²) in [6, 6.07) is 7.92. The van der Waals surface area contributed by atoms with Crippen molar-refractivity contribution in [1.82, 2.24) is 14.8 Å². The Balaban J connectivity index is 1.82. The Morgan fingerprint density at radius 1 is 1.33 bits per heavy atom. The minimum absolute atomic E-state index is 0.0675. The van der Waals surface area contributed by atoms with Crippen molar-refractivity contribution in [2.75, 3.05) is 27.2 Å². The summed E-state index contributed by atoms with van der Waals surface area (Å²) < 4.78 is 0. The number of hydrogen-bond donors (Lipinski definition) is 0. The lowest BCUT2D eigenvalue weighted by Crippen LogP contribution is -2.44. The lowest BCUT2D eigenvalue weighted by Gasteiger charge is -2.34. The number of nitrogens with zero attached hydrogens (tertiary/aromatic N) is 3. The Morgan fingerprint density at radius 2 is 2.00 bits per heavy atom. The average Bonchev–Trinajstić information content (AvgIpc) is 2.96. The van der Waals surface area contributed by atoms with Crippen LogP contribution in [0.3, 0.4) is 0 Å². The van der Waals surface area contributed by atoms with E-state index in [0.29, 0.717) is 15.9 Å². The van der Waals surface area contributed by atoms with Crippen molar-refractivity contribution in [3.63, 3.8) is 0 Å². The number of amides is 1. The first-order valence-corrected chi connectivity index (χ1v) is 9.35. The topological polar surface area (TPSA) is 36.4 Å². The zero-order valence-corrected chi connectivity index (χ0v) is 15.8. The van der Waals surface area contributed by atoms with E-state index in [0.717, 1.165) is 42.2 Å². The molecule has 0 atom stereocenters. The van der Waals surface area contributed by atoms with E-state index >= 15 is 0 Å². The number of thiazole rings is 1. The quantitative estimate of drug-likeness (QED) is 0.828. The molecule has 1 saturated heterocycles. The van der Waals surface area contributed by atoms with Gasteiger partial charge in [-0.15, -0.1) is 11.3 Å². The maximum atomic E-state index is 12.9. The van der Waals surface area contributed by atoms with Crippen LogP contribution in [0.25, 0.3) is 10.6 Å². The molecule has 1 amide bonds. The van der Waals surface area contributed by atoms with Gasteiger partial charge in [-0.3, -0.25) is 4.79 Å². The molecule has 0 aliphatic carbocycles. The third-order valence-corrected chi connectivity index (χ3v) is 6.16. The number of hydrogen-bond acceptors (Lipinski definition) is 4. The monoisotopic (exact) mass is 363 g/mol. The van der Waals surface area contributed by atoms with Crippen molar-refractivity contribution >= 4 is 28.8 Å². The molecule has 128 valence electrons. The van der Waals surface area contributed by atoms with E-state index in [-0.39, 0.29) is 5.91 Å². The first-order chi connectivity index (χ1) is 11.5. The normalized spacial score (nSPS) is 16.3. The molecule has 0 bridgehead atoms. The fourth-order valence-corrected chi connectivity index (χ4v) is 4.42. The van der Waals surface area contributed by atoms with Crippen molar-refractivity contribution in [1.29, 1.82) is 0 Å². The molecule has 6 heteroatoms. The third kappa shape index (κ3) is 3.48. The summed E-state index contributed by atoms with van der Waals surface area (Å²) in [7, 11) is 4.04. The van der Waals surface area contributed by atoms with Gasteiger partial charge in [-0.1, -0.05) is 29.8 Å². The molecule has 2 heterocycles. The lowest BCUT2D eigenvalue weighted by molar-refractivity contribution is 0.0663.